The Morgan fingerprint density at radius 2 is 1.74 bits per heavy atom. The number of allylic oxidation sites excluding steroid dienone is 4. The molecule has 2 atom stereocenters. The number of sulfonamides is 1. The average Bonchev–Trinajstić information content (AvgIpc) is 2.88. The van der Waals surface area contributed by atoms with Gasteiger partial charge in [-0.1, -0.05) is 36.5 Å². The second-order valence-electron chi connectivity index (χ2n) is 9.18. The van der Waals surface area contributed by atoms with E-state index in [1.54, 1.807) is 24.3 Å². The summed E-state index contributed by atoms with van der Waals surface area (Å²) < 4.78 is 81.5. The van der Waals surface area contributed by atoms with E-state index in [4.69, 9.17) is 12.2 Å². The van der Waals surface area contributed by atoms with Crippen LogP contribution < -0.4 is 4.90 Å². The fraction of sp³-hybridized carbons (Fsp3) is 0.346. The maximum atomic E-state index is 13.4. The van der Waals surface area contributed by atoms with Crippen molar-refractivity contribution in [1.82, 2.24) is 4.31 Å². The van der Waals surface area contributed by atoms with Crippen molar-refractivity contribution in [2.24, 2.45) is 0 Å². The number of aliphatic hydroxyl groups is 1. The largest absolute Gasteiger partial charge is 0.421 e. The van der Waals surface area contributed by atoms with Crippen LogP contribution in [0.5, 0.6) is 0 Å². The molecule has 12 heteroatoms. The van der Waals surface area contributed by atoms with Crippen LogP contribution in [0.1, 0.15) is 18.9 Å². The Bertz CT molecular complexity index is 1340. The molecule has 1 fully saturated rings. The van der Waals surface area contributed by atoms with E-state index in [0.29, 0.717) is 36.2 Å². The molecule has 1 N–H and O–H groups in total. The smallest absolute Gasteiger partial charge is 0.376 e. The Morgan fingerprint density at radius 3 is 2.34 bits per heavy atom. The first-order chi connectivity index (χ1) is 17.8. The first-order valence-electron chi connectivity index (χ1n) is 11.8. The Labute approximate surface area is 228 Å². The summed E-state index contributed by atoms with van der Waals surface area (Å²) in [5.74, 6) is 0.0646. The average molecular weight is 587 g/mol. The highest BCUT2D eigenvalue weighted by atomic mass is 32.2. The van der Waals surface area contributed by atoms with Gasteiger partial charge in [-0.2, -0.15) is 17.5 Å². The van der Waals surface area contributed by atoms with Crippen LogP contribution >= 0.6 is 24.0 Å². The number of nitrogens with zero attached hydrogens (tertiary/aromatic N) is 2. The Kier molecular flexibility index (Phi) is 8.39. The summed E-state index contributed by atoms with van der Waals surface area (Å²) >= 11 is 6.72. The molecule has 2 aromatic carbocycles. The predicted molar refractivity (Wildman–Crippen MR) is 145 cm³/mol. The lowest BCUT2D eigenvalue weighted by molar-refractivity contribution is -0.258. The Morgan fingerprint density at radius 1 is 1.08 bits per heavy atom. The van der Waals surface area contributed by atoms with Gasteiger partial charge in [0.15, 0.2) is 5.60 Å². The highest BCUT2D eigenvalue weighted by molar-refractivity contribution is 7.99. The zero-order valence-corrected chi connectivity index (χ0v) is 22.8. The molecule has 0 unspecified atom stereocenters. The predicted octanol–water partition coefficient (Wildman–Crippen LogP) is 5.42. The van der Waals surface area contributed by atoms with Gasteiger partial charge in [-0.15, -0.1) is 11.8 Å². The SMILES string of the molecule is C[C@@](O)(c1ccc(N2CCN(S(=O)(=O)C3=CC=CCC3=S)C[C@@H]2CSc2ccc(F)cc2)cc1)C(F)(F)F. The lowest BCUT2D eigenvalue weighted by Gasteiger charge is -2.42. The van der Waals surface area contributed by atoms with Crippen LogP contribution in [0, 0.1) is 5.82 Å². The highest BCUT2D eigenvalue weighted by Gasteiger charge is 2.51. The third-order valence-corrected chi connectivity index (χ3v) is 10.2. The van der Waals surface area contributed by atoms with Crippen molar-refractivity contribution in [2.45, 2.75) is 36.1 Å². The maximum Gasteiger partial charge on any atom is 0.421 e. The normalized spacial score (nSPS) is 20.8. The van der Waals surface area contributed by atoms with Crippen LogP contribution in [0.15, 0.2) is 76.6 Å². The molecule has 4 rings (SSSR count). The number of thiocarbonyl (C=S) groups is 1. The number of halogens is 4. The molecular weight excluding hydrogens is 560 g/mol. The second-order valence-corrected chi connectivity index (χ2v) is 12.7. The molecule has 0 bridgehead atoms. The molecule has 1 saturated heterocycles. The zero-order chi connectivity index (χ0) is 27.7. The number of piperazine rings is 1. The van der Waals surface area contributed by atoms with Crippen molar-refractivity contribution in [3.63, 3.8) is 0 Å². The molecule has 1 aliphatic carbocycles. The molecule has 5 nitrogen and oxygen atoms in total. The first kappa shape index (κ1) is 28.8. The van der Waals surface area contributed by atoms with Crippen LogP contribution in [0.25, 0.3) is 0 Å². The van der Waals surface area contributed by atoms with Crippen LogP contribution in [-0.4, -0.2) is 60.3 Å². The van der Waals surface area contributed by atoms with E-state index in [2.05, 4.69) is 0 Å². The molecule has 0 spiro atoms. The number of hydrogen-bond donors (Lipinski definition) is 1. The van der Waals surface area contributed by atoms with Crippen molar-refractivity contribution in [1.29, 1.82) is 0 Å². The van der Waals surface area contributed by atoms with Gasteiger partial charge in [-0.3, -0.25) is 0 Å². The number of thioether (sulfide) groups is 1. The summed E-state index contributed by atoms with van der Waals surface area (Å²) in [6, 6.07) is 11.1. The van der Waals surface area contributed by atoms with E-state index in [9.17, 15) is 31.1 Å². The summed E-state index contributed by atoms with van der Waals surface area (Å²) in [5, 5.41) is 10.0. The zero-order valence-electron chi connectivity index (χ0n) is 20.4. The molecular formula is C26H26F4N2O3S3. The number of alkyl halides is 3. The van der Waals surface area contributed by atoms with Crippen LogP contribution in [0.3, 0.4) is 0 Å². The topological polar surface area (TPSA) is 60.9 Å². The summed E-state index contributed by atoms with van der Waals surface area (Å²) in [6.07, 6.45) is 0.491. The molecule has 1 aliphatic heterocycles. The molecule has 38 heavy (non-hydrogen) atoms. The number of anilines is 1. The van der Waals surface area contributed by atoms with Crippen LogP contribution in [-0.2, 0) is 15.6 Å². The van der Waals surface area contributed by atoms with Gasteiger partial charge in [0.2, 0.25) is 10.0 Å². The molecule has 1 heterocycles. The minimum absolute atomic E-state index is 0.104. The van der Waals surface area contributed by atoms with E-state index in [-0.39, 0.29) is 35.4 Å². The van der Waals surface area contributed by atoms with Gasteiger partial charge in [0, 0.05) is 47.3 Å². The van der Waals surface area contributed by atoms with Gasteiger partial charge < -0.3 is 10.0 Å². The van der Waals surface area contributed by atoms with Gasteiger partial charge in [0.05, 0.1) is 10.9 Å². The number of hydrogen-bond acceptors (Lipinski definition) is 6. The monoisotopic (exact) mass is 586 g/mol. The van der Waals surface area contributed by atoms with Crippen LogP contribution in [0.4, 0.5) is 23.2 Å². The van der Waals surface area contributed by atoms with E-state index in [1.165, 1.54) is 58.5 Å². The van der Waals surface area contributed by atoms with E-state index in [1.807, 2.05) is 4.90 Å². The fourth-order valence-electron chi connectivity index (χ4n) is 4.28. The minimum Gasteiger partial charge on any atom is -0.376 e. The van der Waals surface area contributed by atoms with Crippen molar-refractivity contribution in [3.8, 4) is 0 Å². The van der Waals surface area contributed by atoms with Gasteiger partial charge in [-0.05, 0) is 55.0 Å². The molecule has 2 aromatic rings. The number of benzene rings is 2. The quantitative estimate of drug-likeness (QED) is 0.266. The van der Waals surface area contributed by atoms with E-state index >= 15 is 0 Å². The maximum absolute atomic E-state index is 13.4. The highest BCUT2D eigenvalue weighted by Crippen LogP contribution is 2.39. The summed E-state index contributed by atoms with van der Waals surface area (Å²) in [6.45, 7) is 1.28. The minimum atomic E-state index is -4.84. The summed E-state index contributed by atoms with van der Waals surface area (Å²) in [4.78, 5) is 3.19. The van der Waals surface area contributed by atoms with Crippen molar-refractivity contribution in [2.75, 3.05) is 30.3 Å². The standard InChI is InChI=1S/C26H26F4N2O3S3/c1-25(33,26(28,29)30)18-6-10-20(11-7-18)32-15-14-31(38(34,35)24-5-3-2-4-23(24)36)16-21(32)17-37-22-12-8-19(27)9-13-22/h2-3,5-13,21,33H,4,14-17H2,1H3/t21-,25-/m1/s1. The van der Waals surface area contributed by atoms with Crippen LogP contribution in [0.2, 0.25) is 0 Å². The lowest BCUT2D eigenvalue weighted by Crippen LogP contribution is -2.56. The molecule has 2 aliphatic rings. The van der Waals surface area contributed by atoms with Gasteiger partial charge in [-0.25, -0.2) is 12.8 Å². The van der Waals surface area contributed by atoms with Gasteiger partial charge in [0.1, 0.15) is 5.82 Å². The fourth-order valence-corrected chi connectivity index (χ4v) is 7.35. The van der Waals surface area contributed by atoms with Crippen molar-refractivity contribution in [3.05, 3.63) is 83.0 Å². The van der Waals surface area contributed by atoms with Gasteiger partial charge in [0.25, 0.3) is 0 Å². The summed E-state index contributed by atoms with van der Waals surface area (Å²) in [5.41, 5.74) is -2.70. The third kappa shape index (κ3) is 5.99. The Balaban J connectivity index is 1.60. The second kappa shape index (κ2) is 11.1. The lowest BCUT2D eigenvalue weighted by atomic mass is 9.95. The molecule has 0 aromatic heterocycles. The summed E-state index contributed by atoms with van der Waals surface area (Å²) in [7, 11) is -3.85. The van der Waals surface area contributed by atoms with Crippen molar-refractivity contribution >= 4 is 44.6 Å². The molecule has 0 saturated carbocycles. The first-order valence-corrected chi connectivity index (χ1v) is 14.6. The molecule has 0 amide bonds. The van der Waals surface area contributed by atoms with E-state index in [0.717, 1.165) is 4.90 Å². The number of rotatable bonds is 7. The molecule has 0 radical (unpaired) electrons. The van der Waals surface area contributed by atoms with E-state index < -0.39 is 21.8 Å². The Hall–Kier alpha value is -2.25. The molecule has 204 valence electrons. The van der Waals surface area contributed by atoms with Crippen molar-refractivity contribution < 1.29 is 31.1 Å². The van der Waals surface area contributed by atoms with Gasteiger partial charge >= 0.3 is 6.18 Å². The third-order valence-electron chi connectivity index (χ3n) is 6.59.